The van der Waals surface area contributed by atoms with Gasteiger partial charge in [-0.2, -0.15) is 0 Å². The smallest absolute Gasteiger partial charge is 0.293 e. The van der Waals surface area contributed by atoms with Crippen LogP contribution in [0, 0.1) is 0 Å². The first-order chi connectivity index (χ1) is 10.6. The Morgan fingerprint density at radius 3 is 2.59 bits per heavy atom. The molecule has 0 saturated carbocycles. The lowest BCUT2D eigenvalue weighted by Crippen LogP contribution is -2.34. The molecule has 2 aromatic rings. The predicted molar refractivity (Wildman–Crippen MR) is 86.8 cm³/mol. The van der Waals surface area contributed by atoms with Gasteiger partial charge in [0.1, 0.15) is 0 Å². The van der Waals surface area contributed by atoms with Crippen molar-refractivity contribution in [2.24, 2.45) is 0 Å². The zero-order valence-corrected chi connectivity index (χ0v) is 12.7. The average molecular weight is 317 g/mol. The van der Waals surface area contributed by atoms with Gasteiger partial charge in [0.2, 0.25) is 0 Å². The highest BCUT2D eigenvalue weighted by atomic mass is 32.1. The van der Waals surface area contributed by atoms with E-state index in [1.54, 1.807) is 30.3 Å². The molecular weight excluding hydrogens is 302 g/mol. The molecule has 0 aliphatic heterocycles. The normalized spacial score (nSPS) is 9.86. The Hall–Kier alpha value is -2.67. The van der Waals surface area contributed by atoms with Crippen molar-refractivity contribution in [3.05, 3.63) is 54.0 Å². The van der Waals surface area contributed by atoms with Crippen molar-refractivity contribution in [2.75, 3.05) is 11.9 Å². The lowest BCUT2D eigenvalue weighted by molar-refractivity contribution is 0.0946. The molecule has 1 aromatic heterocycles. The van der Waals surface area contributed by atoms with Gasteiger partial charge in [-0.05, 0) is 43.4 Å². The number of carbonyl (C=O) groups is 2. The maximum Gasteiger partial charge on any atom is 0.293 e. The van der Waals surface area contributed by atoms with E-state index in [0.29, 0.717) is 17.8 Å². The van der Waals surface area contributed by atoms with Crippen molar-refractivity contribution < 1.29 is 14.0 Å². The fraction of sp³-hybridized carbons (Fsp3) is 0.133. The monoisotopic (exact) mass is 317 g/mol. The van der Waals surface area contributed by atoms with Crippen molar-refractivity contribution in [3.8, 4) is 0 Å². The molecule has 1 aromatic carbocycles. The molecule has 0 aliphatic rings. The van der Waals surface area contributed by atoms with Gasteiger partial charge in [0.05, 0.1) is 17.5 Å². The Morgan fingerprint density at radius 2 is 1.91 bits per heavy atom. The molecule has 0 fully saturated rings. The summed E-state index contributed by atoms with van der Waals surface area (Å²) < 4.78 is 4.98. The van der Waals surface area contributed by atoms with E-state index in [1.807, 2.05) is 6.92 Å². The number of carbonyl (C=O) groups excluding carboxylic acids is 2. The van der Waals surface area contributed by atoms with E-state index in [0.717, 1.165) is 0 Å². The molecule has 3 N–H and O–H groups in total. The second-order valence-corrected chi connectivity index (χ2v) is 4.70. The lowest BCUT2D eigenvalue weighted by Gasteiger charge is -2.12. The van der Waals surface area contributed by atoms with Crippen molar-refractivity contribution in [3.63, 3.8) is 0 Å². The largest absolute Gasteiger partial charge is 0.459 e. The highest BCUT2D eigenvalue weighted by Gasteiger charge is 2.13. The Labute approximate surface area is 132 Å². The molecule has 7 heteroatoms. The van der Waals surface area contributed by atoms with Crippen LogP contribution in [0.5, 0.6) is 0 Å². The summed E-state index contributed by atoms with van der Waals surface area (Å²) in [6.45, 7) is 2.36. The lowest BCUT2D eigenvalue weighted by atomic mass is 10.1. The molecule has 0 radical (unpaired) electrons. The molecule has 0 atom stereocenters. The van der Waals surface area contributed by atoms with Crippen molar-refractivity contribution >= 4 is 34.8 Å². The third-order valence-electron chi connectivity index (χ3n) is 2.73. The van der Waals surface area contributed by atoms with Crippen LogP contribution in [0.2, 0.25) is 0 Å². The third kappa shape index (κ3) is 3.92. The summed E-state index contributed by atoms with van der Waals surface area (Å²) in [5.74, 6) is -0.523. The van der Waals surface area contributed by atoms with E-state index >= 15 is 0 Å². The van der Waals surface area contributed by atoms with Gasteiger partial charge in [-0.3, -0.25) is 14.9 Å². The molecule has 0 spiro atoms. The van der Waals surface area contributed by atoms with Crippen molar-refractivity contribution in [2.45, 2.75) is 6.92 Å². The van der Waals surface area contributed by atoms with Crippen molar-refractivity contribution in [1.82, 2.24) is 10.6 Å². The van der Waals surface area contributed by atoms with E-state index in [2.05, 4.69) is 16.0 Å². The zero-order valence-electron chi connectivity index (χ0n) is 11.9. The summed E-state index contributed by atoms with van der Waals surface area (Å²) >= 11 is 5.08. The van der Waals surface area contributed by atoms with E-state index in [-0.39, 0.29) is 16.8 Å². The molecule has 2 amide bonds. The van der Waals surface area contributed by atoms with Gasteiger partial charge in [-0.15, -0.1) is 0 Å². The summed E-state index contributed by atoms with van der Waals surface area (Å²) in [5.41, 5.74) is 0.956. The number of hydrogen-bond donors (Lipinski definition) is 3. The number of hydrogen-bond acceptors (Lipinski definition) is 4. The summed E-state index contributed by atoms with van der Waals surface area (Å²) in [6, 6.07) is 10.0. The topological polar surface area (TPSA) is 83.4 Å². The number of nitrogens with one attached hydrogen (secondary N) is 3. The van der Waals surface area contributed by atoms with Crippen LogP contribution < -0.4 is 16.0 Å². The maximum atomic E-state index is 12.0. The first-order valence-electron chi connectivity index (χ1n) is 6.65. The zero-order chi connectivity index (χ0) is 15.9. The van der Waals surface area contributed by atoms with Gasteiger partial charge in [-0.1, -0.05) is 12.1 Å². The minimum Gasteiger partial charge on any atom is -0.459 e. The van der Waals surface area contributed by atoms with Gasteiger partial charge in [0.15, 0.2) is 10.9 Å². The molecule has 22 heavy (non-hydrogen) atoms. The maximum absolute atomic E-state index is 12.0. The number of anilines is 1. The molecule has 0 unspecified atom stereocenters. The van der Waals surface area contributed by atoms with Gasteiger partial charge in [0, 0.05) is 6.54 Å². The number of amides is 2. The second kappa shape index (κ2) is 7.37. The van der Waals surface area contributed by atoms with E-state index in [9.17, 15) is 9.59 Å². The van der Waals surface area contributed by atoms with Crippen LogP contribution in [0.1, 0.15) is 27.8 Å². The summed E-state index contributed by atoms with van der Waals surface area (Å²) in [6.07, 6.45) is 1.40. The Bertz CT molecular complexity index is 683. The van der Waals surface area contributed by atoms with Crippen LogP contribution in [-0.4, -0.2) is 23.5 Å². The summed E-state index contributed by atoms with van der Waals surface area (Å²) in [5, 5.41) is 8.12. The summed E-state index contributed by atoms with van der Waals surface area (Å²) in [4.78, 5) is 23.8. The average Bonchev–Trinajstić information content (AvgIpc) is 3.02. The van der Waals surface area contributed by atoms with Gasteiger partial charge in [0.25, 0.3) is 11.8 Å². The Kier molecular flexibility index (Phi) is 5.26. The summed E-state index contributed by atoms with van der Waals surface area (Å²) in [7, 11) is 0. The Balaban J connectivity index is 2.05. The number of rotatable bonds is 4. The van der Waals surface area contributed by atoms with Gasteiger partial charge < -0.3 is 15.1 Å². The first-order valence-corrected chi connectivity index (χ1v) is 7.05. The van der Waals surface area contributed by atoms with Gasteiger partial charge >= 0.3 is 0 Å². The highest BCUT2D eigenvalue weighted by Crippen LogP contribution is 2.14. The van der Waals surface area contributed by atoms with Crippen LogP contribution in [0.25, 0.3) is 0 Å². The van der Waals surface area contributed by atoms with Crippen LogP contribution >= 0.6 is 12.2 Å². The first kappa shape index (κ1) is 15.7. The molecule has 6 nitrogen and oxygen atoms in total. The number of furan rings is 1. The van der Waals surface area contributed by atoms with Crippen LogP contribution in [0.15, 0.2) is 47.1 Å². The second-order valence-electron chi connectivity index (χ2n) is 4.29. The molecule has 1 heterocycles. The fourth-order valence-corrected chi connectivity index (χ4v) is 1.97. The Morgan fingerprint density at radius 1 is 1.14 bits per heavy atom. The molecular formula is C15H15N3O3S. The van der Waals surface area contributed by atoms with Crippen LogP contribution in [0.4, 0.5) is 5.69 Å². The third-order valence-corrected chi connectivity index (χ3v) is 2.93. The predicted octanol–water partition coefficient (Wildman–Crippen LogP) is 2.16. The highest BCUT2D eigenvalue weighted by molar-refractivity contribution is 7.80. The van der Waals surface area contributed by atoms with E-state index in [4.69, 9.17) is 16.6 Å². The van der Waals surface area contributed by atoms with Crippen LogP contribution in [0.3, 0.4) is 0 Å². The molecule has 0 aliphatic carbocycles. The van der Waals surface area contributed by atoms with E-state index < -0.39 is 5.91 Å². The molecule has 2 rings (SSSR count). The van der Waals surface area contributed by atoms with E-state index in [1.165, 1.54) is 12.3 Å². The van der Waals surface area contributed by atoms with Gasteiger partial charge in [-0.25, -0.2) is 0 Å². The SMILES string of the molecule is CCNC(=O)c1ccccc1NC(=S)NC(=O)c1ccco1. The number of benzene rings is 1. The minimum absolute atomic E-state index is 0.0816. The minimum atomic E-state index is -0.460. The number of thiocarbonyl (C=S) groups is 1. The standard InChI is InChI=1S/C15H15N3O3S/c1-2-16-13(19)10-6-3-4-7-11(10)17-15(22)18-14(20)12-8-5-9-21-12/h3-9H,2H2,1H3,(H,16,19)(H2,17,18,20,22). The van der Waals surface area contributed by atoms with Crippen molar-refractivity contribution in [1.29, 1.82) is 0 Å². The quantitative estimate of drug-likeness (QED) is 0.753. The molecule has 0 saturated heterocycles. The number of para-hydroxylation sites is 1. The molecule has 114 valence electrons. The molecule has 0 bridgehead atoms. The van der Waals surface area contributed by atoms with Crippen LogP contribution in [-0.2, 0) is 0 Å². The fourth-order valence-electron chi connectivity index (χ4n) is 1.77.